The fourth-order valence-corrected chi connectivity index (χ4v) is 3.03. The van der Waals surface area contributed by atoms with Crippen LogP contribution in [0.5, 0.6) is 0 Å². The van der Waals surface area contributed by atoms with Crippen molar-refractivity contribution in [2.75, 3.05) is 7.05 Å². The maximum atomic E-state index is 12.1. The Balaban J connectivity index is 1.92. The third kappa shape index (κ3) is 3.37. The van der Waals surface area contributed by atoms with Gasteiger partial charge in [-0.2, -0.15) is 0 Å². The molecule has 0 spiro atoms. The molecule has 2 bridgehead atoms. The molecule has 1 N–H and O–H groups in total. The molecule has 2 atom stereocenters. The van der Waals surface area contributed by atoms with Crippen molar-refractivity contribution in [2.45, 2.75) is 76.6 Å². The molecule has 0 aromatic carbocycles. The lowest BCUT2D eigenvalue weighted by molar-refractivity contribution is 0.0138. The van der Waals surface area contributed by atoms with E-state index in [2.05, 4.69) is 5.32 Å². The van der Waals surface area contributed by atoms with Crippen LogP contribution < -0.4 is 5.32 Å². The van der Waals surface area contributed by atoms with Crippen LogP contribution in [0.15, 0.2) is 0 Å². The molecule has 0 aromatic heterocycles. The number of nitrogens with zero attached hydrogens (tertiary/aromatic N) is 1. The summed E-state index contributed by atoms with van der Waals surface area (Å²) in [5.41, 5.74) is -0.409. The van der Waals surface area contributed by atoms with Crippen molar-refractivity contribution in [1.82, 2.24) is 10.2 Å². The molecule has 2 aliphatic rings. The molecule has 104 valence electrons. The third-order valence-corrected chi connectivity index (χ3v) is 3.92. The van der Waals surface area contributed by atoms with Gasteiger partial charge in [0.2, 0.25) is 0 Å². The standard InChI is InChI=1S/C14H26N2O2/c1-14(2,3)18-13(17)16(4)12-8-10-6-5-7-11(9-12)15-10/h10-12,15H,5-9H2,1-4H3/t10-,11-/m0/s1. The van der Waals surface area contributed by atoms with Crippen LogP contribution in [0.1, 0.15) is 52.9 Å². The van der Waals surface area contributed by atoms with Gasteiger partial charge in [-0.05, 0) is 46.5 Å². The zero-order valence-corrected chi connectivity index (χ0v) is 12.0. The van der Waals surface area contributed by atoms with Crippen molar-refractivity contribution in [1.29, 1.82) is 0 Å². The number of ether oxygens (including phenoxy) is 1. The molecular formula is C14H26N2O2. The maximum Gasteiger partial charge on any atom is 0.410 e. The number of carbonyl (C=O) groups excluding carboxylic acids is 1. The number of hydrogen-bond acceptors (Lipinski definition) is 3. The molecule has 4 heteroatoms. The highest BCUT2D eigenvalue weighted by atomic mass is 16.6. The Morgan fingerprint density at radius 2 is 1.78 bits per heavy atom. The van der Waals surface area contributed by atoms with Gasteiger partial charge in [0, 0.05) is 25.2 Å². The van der Waals surface area contributed by atoms with E-state index in [0.717, 1.165) is 12.8 Å². The molecule has 4 nitrogen and oxygen atoms in total. The molecule has 0 aromatic rings. The summed E-state index contributed by atoms with van der Waals surface area (Å²) in [6.45, 7) is 5.74. The lowest BCUT2D eigenvalue weighted by Gasteiger charge is -2.43. The predicted octanol–water partition coefficient (Wildman–Crippen LogP) is 2.53. The molecule has 1 amide bonds. The number of amides is 1. The van der Waals surface area contributed by atoms with Crippen molar-refractivity contribution in [3.05, 3.63) is 0 Å². The molecule has 2 aliphatic heterocycles. The molecule has 0 aliphatic carbocycles. The van der Waals surface area contributed by atoms with Gasteiger partial charge in [-0.3, -0.25) is 0 Å². The highest BCUT2D eigenvalue weighted by molar-refractivity contribution is 5.68. The molecule has 2 heterocycles. The first kappa shape index (κ1) is 13.7. The molecule has 0 saturated carbocycles. The zero-order valence-electron chi connectivity index (χ0n) is 12.0. The largest absolute Gasteiger partial charge is 0.444 e. The second-order valence-corrected chi connectivity index (χ2v) is 6.71. The first-order valence-corrected chi connectivity index (χ1v) is 7.07. The number of carbonyl (C=O) groups is 1. The average molecular weight is 254 g/mol. The lowest BCUT2D eigenvalue weighted by atomic mass is 9.83. The summed E-state index contributed by atoms with van der Waals surface area (Å²) < 4.78 is 5.44. The summed E-state index contributed by atoms with van der Waals surface area (Å²) in [6, 6.07) is 1.51. The minimum atomic E-state index is -0.409. The van der Waals surface area contributed by atoms with Gasteiger partial charge in [0.1, 0.15) is 5.60 Å². The van der Waals surface area contributed by atoms with Gasteiger partial charge in [0.15, 0.2) is 0 Å². The summed E-state index contributed by atoms with van der Waals surface area (Å²) >= 11 is 0. The molecule has 0 unspecified atom stereocenters. The van der Waals surface area contributed by atoms with Crippen LogP contribution in [0, 0.1) is 0 Å². The normalized spacial score (nSPS) is 31.9. The molecule has 2 rings (SSSR count). The minimum Gasteiger partial charge on any atom is -0.444 e. The van der Waals surface area contributed by atoms with E-state index in [9.17, 15) is 4.79 Å². The van der Waals surface area contributed by atoms with E-state index in [4.69, 9.17) is 4.74 Å². The van der Waals surface area contributed by atoms with Gasteiger partial charge in [-0.15, -0.1) is 0 Å². The lowest BCUT2D eigenvalue weighted by Crippen LogP contribution is -2.55. The molecule has 18 heavy (non-hydrogen) atoms. The minimum absolute atomic E-state index is 0.188. The first-order chi connectivity index (χ1) is 8.35. The van der Waals surface area contributed by atoms with Crippen LogP contribution in [0.4, 0.5) is 4.79 Å². The Morgan fingerprint density at radius 1 is 1.22 bits per heavy atom. The summed E-state index contributed by atoms with van der Waals surface area (Å²) in [5.74, 6) is 0. The smallest absolute Gasteiger partial charge is 0.410 e. The Labute approximate surface area is 110 Å². The van der Waals surface area contributed by atoms with Crippen LogP contribution in [0.3, 0.4) is 0 Å². The molecule has 2 saturated heterocycles. The highest BCUT2D eigenvalue weighted by Gasteiger charge is 2.35. The molecule has 0 radical (unpaired) electrons. The van der Waals surface area contributed by atoms with Crippen molar-refractivity contribution in [3.8, 4) is 0 Å². The fourth-order valence-electron chi connectivity index (χ4n) is 3.03. The highest BCUT2D eigenvalue weighted by Crippen LogP contribution is 2.28. The van der Waals surface area contributed by atoms with Gasteiger partial charge < -0.3 is 15.0 Å². The summed E-state index contributed by atoms with van der Waals surface area (Å²) in [5, 5.41) is 3.65. The van der Waals surface area contributed by atoms with Gasteiger partial charge in [0.25, 0.3) is 0 Å². The Kier molecular flexibility index (Phi) is 3.85. The Morgan fingerprint density at radius 3 is 2.28 bits per heavy atom. The van der Waals surface area contributed by atoms with E-state index in [1.54, 1.807) is 4.90 Å². The quantitative estimate of drug-likeness (QED) is 0.782. The van der Waals surface area contributed by atoms with Crippen molar-refractivity contribution in [2.24, 2.45) is 0 Å². The predicted molar refractivity (Wildman–Crippen MR) is 71.6 cm³/mol. The van der Waals surface area contributed by atoms with Crippen LogP contribution in [0.2, 0.25) is 0 Å². The topological polar surface area (TPSA) is 41.6 Å². The second kappa shape index (κ2) is 5.08. The number of nitrogens with one attached hydrogen (secondary N) is 1. The average Bonchev–Trinajstić information content (AvgIpc) is 2.25. The van der Waals surface area contributed by atoms with Crippen molar-refractivity contribution >= 4 is 6.09 Å². The van der Waals surface area contributed by atoms with E-state index >= 15 is 0 Å². The van der Waals surface area contributed by atoms with Gasteiger partial charge in [-0.25, -0.2) is 4.79 Å². The molecular weight excluding hydrogens is 228 g/mol. The summed E-state index contributed by atoms with van der Waals surface area (Å²) in [7, 11) is 1.87. The van der Waals surface area contributed by atoms with E-state index in [1.165, 1.54) is 19.3 Å². The van der Waals surface area contributed by atoms with E-state index < -0.39 is 5.60 Å². The SMILES string of the molecule is CN(C(=O)OC(C)(C)C)C1C[C@@H]2CCC[C@@H](C1)N2. The van der Waals surface area contributed by atoms with Gasteiger partial charge in [-0.1, -0.05) is 6.42 Å². The maximum absolute atomic E-state index is 12.1. The van der Waals surface area contributed by atoms with Crippen LogP contribution >= 0.6 is 0 Å². The number of hydrogen-bond donors (Lipinski definition) is 1. The zero-order chi connectivity index (χ0) is 13.3. The van der Waals surface area contributed by atoms with Crippen LogP contribution in [-0.2, 0) is 4.74 Å². The van der Waals surface area contributed by atoms with E-state index in [1.807, 2.05) is 27.8 Å². The number of fused-ring (bicyclic) bond motifs is 2. The second-order valence-electron chi connectivity index (χ2n) is 6.71. The Bertz CT molecular complexity index is 299. The summed E-state index contributed by atoms with van der Waals surface area (Å²) in [6.07, 6.45) is 5.75. The first-order valence-electron chi connectivity index (χ1n) is 7.07. The van der Waals surface area contributed by atoms with E-state index in [-0.39, 0.29) is 6.09 Å². The van der Waals surface area contributed by atoms with Crippen LogP contribution in [0.25, 0.3) is 0 Å². The number of piperidine rings is 2. The van der Waals surface area contributed by atoms with Crippen molar-refractivity contribution < 1.29 is 9.53 Å². The molecule has 2 fully saturated rings. The summed E-state index contributed by atoms with van der Waals surface area (Å²) in [4.78, 5) is 13.9. The van der Waals surface area contributed by atoms with Gasteiger partial charge in [0.05, 0.1) is 0 Å². The van der Waals surface area contributed by atoms with E-state index in [0.29, 0.717) is 18.1 Å². The van der Waals surface area contributed by atoms with Crippen molar-refractivity contribution in [3.63, 3.8) is 0 Å². The third-order valence-electron chi connectivity index (χ3n) is 3.92. The number of rotatable bonds is 1. The monoisotopic (exact) mass is 254 g/mol. The Hall–Kier alpha value is -0.770. The van der Waals surface area contributed by atoms with Gasteiger partial charge >= 0.3 is 6.09 Å². The van der Waals surface area contributed by atoms with Crippen LogP contribution in [-0.4, -0.2) is 41.8 Å². The fraction of sp³-hybridized carbons (Fsp3) is 0.929.